The van der Waals surface area contributed by atoms with Crippen molar-refractivity contribution in [2.45, 2.75) is 13.2 Å². The first kappa shape index (κ1) is 14.1. The molecule has 1 atom stereocenters. The maximum atomic E-state index is 9.80. The first-order chi connectivity index (χ1) is 10.2. The molecule has 3 nitrogen and oxygen atoms in total. The van der Waals surface area contributed by atoms with Crippen LogP contribution in [0.4, 0.5) is 0 Å². The van der Waals surface area contributed by atoms with Gasteiger partial charge in [0.05, 0.1) is 9.58 Å². The van der Waals surface area contributed by atoms with Crippen LogP contribution in [0.5, 0.6) is 11.5 Å². The average molecular weight is 300 g/mol. The molecule has 1 aromatic heterocycles. The van der Waals surface area contributed by atoms with Gasteiger partial charge in [-0.1, -0.05) is 30.3 Å². The number of ether oxygens (including phenoxy) is 2. The Labute approximate surface area is 127 Å². The normalized spacial score (nSPS) is 12.5. The Morgan fingerprint density at radius 1 is 1.05 bits per heavy atom. The quantitative estimate of drug-likeness (QED) is 0.713. The third-order valence-electron chi connectivity index (χ3n) is 3.31. The Balaban J connectivity index is 2.03. The van der Waals surface area contributed by atoms with Crippen LogP contribution in [0.25, 0.3) is 10.1 Å². The van der Waals surface area contributed by atoms with Crippen molar-refractivity contribution in [3.05, 3.63) is 59.0 Å². The lowest BCUT2D eigenvalue weighted by Crippen LogP contribution is -1.95. The number of rotatable bonds is 4. The zero-order chi connectivity index (χ0) is 14.8. The van der Waals surface area contributed by atoms with Crippen LogP contribution in [0.1, 0.15) is 16.7 Å². The molecule has 0 fully saturated rings. The van der Waals surface area contributed by atoms with Gasteiger partial charge in [0, 0.05) is 7.11 Å². The number of para-hydroxylation sites is 1. The molecule has 0 amide bonds. The number of thiophene rings is 1. The maximum absolute atomic E-state index is 9.80. The standard InChI is InChI=1S/C17H16O3S/c1-11-6-3-4-8-13(11)20-14-9-5-7-12-10-15(17(18)19-2)21-16(12)14/h3-10,17-18H,1-2H3. The second-order valence-electron chi connectivity index (χ2n) is 4.78. The highest BCUT2D eigenvalue weighted by Gasteiger charge is 2.13. The van der Waals surface area contributed by atoms with Crippen LogP contribution in [0.15, 0.2) is 48.5 Å². The summed E-state index contributed by atoms with van der Waals surface area (Å²) in [5, 5.41) is 10.8. The topological polar surface area (TPSA) is 38.7 Å². The predicted molar refractivity (Wildman–Crippen MR) is 85.0 cm³/mol. The van der Waals surface area contributed by atoms with E-state index in [1.165, 1.54) is 18.4 Å². The van der Waals surface area contributed by atoms with Gasteiger partial charge in [0.1, 0.15) is 11.5 Å². The van der Waals surface area contributed by atoms with E-state index < -0.39 is 6.29 Å². The molecule has 0 radical (unpaired) electrons. The number of hydrogen-bond donors (Lipinski definition) is 1. The summed E-state index contributed by atoms with van der Waals surface area (Å²) in [6.45, 7) is 2.02. The van der Waals surface area contributed by atoms with E-state index in [0.29, 0.717) is 0 Å². The molecule has 0 aliphatic heterocycles. The highest BCUT2D eigenvalue weighted by Crippen LogP contribution is 2.38. The summed E-state index contributed by atoms with van der Waals surface area (Å²) in [4.78, 5) is 0.772. The molecule has 4 heteroatoms. The highest BCUT2D eigenvalue weighted by molar-refractivity contribution is 7.19. The lowest BCUT2D eigenvalue weighted by atomic mass is 10.2. The molecule has 0 spiro atoms. The summed E-state index contributed by atoms with van der Waals surface area (Å²) < 4.78 is 12.0. The van der Waals surface area contributed by atoms with Gasteiger partial charge < -0.3 is 14.6 Å². The van der Waals surface area contributed by atoms with Crippen molar-refractivity contribution in [2.24, 2.45) is 0 Å². The molecule has 1 N–H and O–H groups in total. The van der Waals surface area contributed by atoms with Crippen LogP contribution in [0, 0.1) is 6.92 Å². The molecule has 1 heterocycles. The number of hydrogen-bond acceptors (Lipinski definition) is 4. The van der Waals surface area contributed by atoms with Crippen LogP contribution in [0.3, 0.4) is 0 Å². The van der Waals surface area contributed by atoms with E-state index in [9.17, 15) is 5.11 Å². The molecule has 0 bridgehead atoms. The lowest BCUT2D eigenvalue weighted by molar-refractivity contribution is -0.0742. The lowest BCUT2D eigenvalue weighted by Gasteiger charge is -2.09. The molecular formula is C17H16O3S. The molecule has 1 unspecified atom stereocenters. The van der Waals surface area contributed by atoms with Crippen molar-refractivity contribution in [3.63, 3.8) is 0 Å². The van der Waals surface area contributed by atoms with Crippen molar-refractivity contribution in [1.29, 1.82) is 0 Å². The summed E-state index contributed by atoms with van der Waals surface area (Å²) in [5.41, 5.74) is 1.09. The molecule has 0 saturated heterocycles. The predicted octanol–water partition coefficient (Wildman–Crippen LogP) is 4.64. The third kappa shape index (κ3) is 2.78. The minimum Gasteiger partial charge on any atom is -0.456 e. The van der Waals surface area contributed by atoms with E-state index in [4.69, 9.17) is 9.47 Å². The van der Waals surface area contributed by atoms with E-state index >= 15 is 0 Å². The minimum atomic E-state index is -0.895. The molecule has 2 aromatic carbocycles. The highest BCUT2D eigenvalue weighted by atomic mass is 32.1. The van der Waals surface area contributed by atoms with Gasteiger partial charge in [-0.3, -0.25) is 0 Å². The maximum Gasteiger partial charge on any atom is 0.190 e. The van der Waals surface area contributed by atoms with Gasteiger partial charge in [-0.05, 0) is 36.1 Å². The summed E-state index contributed by atoms with van der Waals surface area (Å²) in [6, 6.07) is 15.7. The van der Waals surface area contributed by atoms with E-state index in [0.717, 1.165) is 32.0 Å². The van der Waals surface area contributed by atoms with Gasteiger partial charge in [0.2, 0.25) is 0 Å². The Bertz CT molecular complexity index is 764. The molecule has 0 saturated carbocycles. The number of aryl methyl sites for hydroxylation is 1. The van der Waals surface area contributed by atoms with Gasteiger partial charge in [-0.25, -0.2) is 0 Å². The summed E-state index contributed by atoms with van der Waals surface area (Å²) in [7, 11) is 1.49. The van der Waals surface area contributed by atoms with Crippen LogP contribution in [-0.2, 0) is 4.74 Å². The average Bonchev–Trinajstić information content (AvgIpc) is 2.94. The first-order valence-electron chi connectivity index (χ1n) is 6.66. The Morgan fingerprint density at radius 2 is 1.81 bits per heavy atom. The number of benzene rings is 2. The van der Waals surface area contributed by atoms with E-state index in [1.807, 2.05) is 55.5 Å². The monoisotopic (exact) mass is 300 g/mol. The van der Waals surface area contributed by atoms with Crippen LogP contribution in [-0.4, -0.2) is 12.2 Å². The number of aliphatic hydroxyl groups is 1. The summed E-state index contributed by atoms with van der Waals surface area (Å²) in [5.74, 6) is 1.63. The van der Waals surface area contributed by atoms with Crippen molar-refractivity contribution in [1.82, 2.24) is 0 Å². The molecule has 3 aromatic rings. The first-order valence-corrected chi connectivity index (χ1v) is 7.47. The van der Waals surface area contributed by atoms with Gasteiger partial charge in [0.25, 0.3) is 0 Å². The zero-order valence-corrected chi connectivity index (χ0v) is 12.7. The fraction of sp³-hybridized carbons (Fsp3) is 0.176. The summed E-state index contributed by atoms with van der Waals surface area (Å²) in [6.07, 6.45) is -0.895. The van der Waals surface area contributed by atoms with Crippen molar-refractivity contribution >= 4 is 21.4 Å². The molecule has 108 valence electrons. The molecule has 0 aliphatic rings. The molecule has 3 rings (SSSR count). The van der Waals surface area contributed by atoms with Gasteiger partial charge in [-0.2, -0.15) is 0 Å². The second-order valence-corrected chi connectivity index (χ2v) is 5.86. The SMILES string of the molecule is COC(O)c1cc2cccc(Oc3ccccc3C)c2s1. The molecule has 21 heavy (non-hydrogen) atoms. The summed E-state index contributed by atoms with van der Waals surface area (Å²) >= 11 is 1.48. The Morgan fingerprint density at radius 3 is 2.57 bits per heavy atom. The van der Waals surface area contributed by atoms with E-state index in [2.05, 4.69) is 0 Å². The van der Waals surface area contributed by atoms with Crippen molar-refractivity contribution in [2.75, 3.05) is 7.11 Å². The molecular weight excluding hydrogens is 284 g/mol. The number of fused-ring (bicyclic) bond motifs is 1. The number of methoxy groups -OCH3 is 1. The Hall–Kier alpha value is -1.88. The van der Waals surface area contributed by atoms with Gasteiger partial charge in [-0.15, -0.1) is 11.3 Å². The van der Waals surface area contributed by atoms with E-state index in [-0.39, 0.29) is 0 Å². The second kappa shape index (κ2) is 5.85. The van der Waals surface area contributed by atoms with Gasteiger partial charge in [0.15, 0.2) is 6.29 Å². The van der Waals surface area contributed by atoms with Crippen molar-refractivity contribution < 1.29 is 14.6 Å². The van der Waals surface area contributed by atoms with Crippen LogP contribution >= 0.6 is 11.3 Å². The zero-order valence-electron chi connectivity index (χ0n) is 11.9. The van der Waals surface area contributed by atoms with Crippen molar-refractivity contribution in [3.8, 4) is 11.5 Å². The van der Waals surface area contributed by atoms with E-state index in [1.54, 1.807) is 0 Å². The van der Waals surface area contributed by atoms with Crippen LogP contribution in [0.2, 0.25) is 0 Å². The fourth-order valence-corrected chi connectivity index (χ4v) is 3.24. The third-order valence-corrected chi connectivity index (χ3v) is 4.50. The van der Waals surface area contributed by atoms with Gasteiger partial charge >= 0.3 is 0 Å². The Kier molecular flexibility index (Phi) is 3.92. The number of aliphatic hydroxyl groups excluding tert-OH is 1. The molecule has 0 aliphatic carbocycles. The fourth-order valence-electron chi connectivity index (χ4n) is 2.16. The minimum absolute atomic E-state index is 0.772. The smallest absolute Gasteiger partial charge is 0.190 e. The largest absolute Gasteiger partial charge is 0.456 e. The van der Waals surface area contributed by atoms with Crippen LogP contribution < -0.4 is 4.74 Å².